The van der Waals surface area contributed by atoms with E-state index >= 15 is 0 Å². The number of esters is 3. The van der Waals surface area contributed by atoms with Gasteiger partial charge in [-0.05, 0) is 50.4 Å². The van der Waals surface area contributed by atoms with Gasteiger partial charge in [0.15, 0.2) is 5.92 Å². The molecular weight excluding hydrogens is 612 g/mol. The maximum absolute atomic E-state index is 11.6. The molecule has 0 atom stereocenters. The minimum atomic E-state index is -1.24. The van der Waals surface area contributed by atoms with Crippen LogP contribution in [0.25, 0.3) is 0 Å². The van der Waals surface area contributed by atoms with Crippen molar-refractivity contribution in [1.82, 2.24) is 0 Å². The fourth-order valence-electron chi connectivity index (χ4n) is 3.00. The number of rotatable bonds is 9. The molecule has 2 aromatic rings. The Kier molecular flexibility index (Phi) is 12.7. The summed E-state index contributed by atoms with van der Waals surface area (Å²) in [6, 6.07) is 9.49. The molecule has 0 aliphatic rings. The van der Waals surface area contributed by atoms with Crippen LogP contribution in [0.5, 0.6) is 0 Å². The summed E-state index contributed by atoms with van der Waals surface area (Å²) in [5.74, 6) is -3.22. The summed E-state index contributed by atoms with van der Waals surface area (Å²) < 4.78 is 14.2. The van der Waals surface area contributed by atoms with Crippen molar-refractivity contribution >= 4 is 61.1 Å². The molecule has 0 radical (unpaired) electrons. The molecule has 0 saturated carbocycles. The van der Waals surface area contributed by atoms with Gasteiger partial charge < -0.3 is 14.2 Å². The van der Waals surface area contributed by atoms with Gasteiger partial charge in [-0.15, -0.1) is 0 Å². The van der Waals surface area contributed by atoms with E-state index in [0.29, 0.717) is 16.5 Å². The number of carbonyl (C=O) groups excluding carboxylic acids is 3. The molecule has 0 heterocycles. The second kappa shape index (κ2) is 14.9. The van der Waals surface area contributed by atoms with E-state index in [2.05, 4.69) is 46.1 Å². The lowest BCUT2D eigenvalue weighted by Gasteiger charge is -2.12. The first kappa shape index (κ1) is 30.6. The Balaban J connectivity index is 0.000000369. The van der Waals surface area contributed by atoms with Crippen molar-refractivity contribution in [2.75, 3.05) is 21.3 Å². The molecule has 0 aromatic heterocycles. The predicted octanol–water partition coefficient (Wildman–Crippen LogP) is 4.32. The molecule has 36 heavy (non-hydrogen) atoms. The highest BCUT2D eigenvalue weighted by Gasteiger charge is 2.32. The molecule has 2 rings (SSSR count). The third kappa shape index (κ3) is 8.68. The van der Waals surface area contributed by atoms with Gasteiger partial charge in [0.05, 0.1) is 40.1 Å². The number of benzene rings is 2. The number of nitro benzene ring substituents is 2. The Morgan fingerprint density at radius 1 is 0.806 bits per heavy atom. The van der Waals surface area contributed by atoms with Gasteiger partial charge in [0, 0.05) is 24.0 Å². The highest BCUT2D eigenvalue weighted by molar-refractivity contribution is 9.11. The van der Waals surface area contributed by atoms with Crippen LogP contribution in [-0.4, -0.2) is 49.1 Å². The molecule has 0 aliphatic carbocycles. The van der Waals surface area contributed by atoms with E-state index in [9.17, 15) is 34.6 Å². The van der Waals surface area contributed by atoms with Gasteiger partial charge >= 0.3 is 17.9 Å². The van der Waals surface area contributed by atoms with Gasteiger partial charge in [0.1, 0.15) is 0 Å². The van der Waals surface area contributed by atoms with Crippen molar-refractivity contribution < 1.29 is 38.4 Å². The molecule has 0 bridgehead atoms. The summed E-state index contributed by atoms with van der Waals surface area (Å²) in [7, 11) is 3.55. The Hall–Kier alpha value is -3.39. The van der Waals surface area contributed by atoms with Gasteiger partial charge in [-0.1, -0.05) is 24.3 Å². The second-order valence-electron chi connectivity index (χ2n) is 6.89. The summed E-state index contributed by atoms with van der Waals surface area (Å²) >= 11 is 6.19. The van der Waals surface area contributed by atoms with Gasteiger partial charge in [-0.25, -0.2) is 0 Å². The minimum Gasteiger partial charge on any atom is -0.469 e. The van der Waals surface area contributed by atoms with Crippen molar-refractivity contribution in [2.45, 2.75) is 19.3 Å². The smallest absolute Gasteiger partial charge is 0.320 e. The first-order valence-corrected chi connectivity index (χ1v) is 11.6. The van der Waals surface area contributed by atoms with Crippen molar-refractivity contribution in [1.29, 1.82) is 0 Å². The first-order valence-electron chi connectivity index (χ1n) is 10.0. The summed E-state index contributed by atoms with van der Waals surface area (Å²) in [5, 5.41) is 21.9. The van der Waals surface area contributed by atoms with Gasteiger partial charge in [-0.3, -0.25) is 34.6 Å². The van der Waals surface area contributed by atoms with Gasteiger partial charge in [-0.2, -0.15) is 0 Å². The second-order valence-corrected chi connectivity index (χ2v) is 8.60. The molecule has 0 amide bonds. The van der Waals surface area contributed by atoms with Crippen LogP contribution in [-0.2, 0) is 41.4 Å². The molecule has 194 valence electrons. The van der Waals surface area contributed by atoms with Crippen LogP contribution in [0, 0.1) is 26.1 Å². The maximum Gasteiger partial charge on any atom is 0.320 e. The molecule has 0 aliphatic heterocycles. The summed E-state index contributed by atoms with van der Waals surface area (Å²) in [6.07, 6.45) is 0.255. The molecule has 14 heteroatoms. The average Bonchev–Trinajstić information content (AvgIpc) is 2.84. The molecule has 0 saturated heterocycles. The topological polar surface area (TPSA) is 165 Å². The maximum atomic E-state index is 11.6. The van der Waals surface area contributed by atoms with Crippen LogP contribution in [0.2, 0.25) is 0 Å². The standard InChI is InChI=1S/C12H12BrNO6.C10H10BrNO4/c1-19-11(15)8(12(16)20-2)6-7-4-3-5-9(13)10(7)14(17)18;1-16-9(13)6-5-7-3-2-4-8(11)10(7)12(14)15/h3-5,8H,6H2,1-2H3;2-4H,5-6H2,1H3. The Morgan fingerprint density at radius 2 is 1.25 bits per heavy atom. The number of nitro groups is 2. The zero-order chi connectivity index (χ0) is 27.4. The van der Waals surface area contributed by atoms with Crippen LogP contribution < -0.4 is 0 Å². The Morgan fingerprint density at radius 3 is 1.67 bits per heavy atom. The van der Waals surface area contributed by atoms with E-state index in [1.54, 1.807) is 24.3 Å². The van der Waals surface area contributed by atoms with Crippen molar-refractivity contribution in [2.24, 2.45) is 5.92 Å². The number of carbonyl (C=O) groups is 3. The van der Waals surface area contributed by atoms with Gasteiger partial charge in [0.2, 0.25) is 0 Å². The summed E-state index contributed by atoms with van der Waals surface area (Å²) in [4.78, 5) is 54.9. The van der Waals surface area contributed by atoms with Crippen LogP contribution in [0.15, 0.2) is 45.3 Å². The first-order chi connectivity index (χ1) is 17.0. The molecule has 0 fully saturated rings. The largest absolute Gasteiger partial charge is 0.469 e. The summed E-state index contributed by atoms with van der Waals surface area (Å²) in [6.45, 7) is 0. The fraction of sp³-hybridized carbons (Fsp3) is 0.318. The fourth-order valence-corrected chi connectivity index (χ4v) is 4.11. The Labute approximate surface area is 222 Å². The third-order valence-corrected chi connectivity index (χ3v) is 6.01. The van der Waals surface area contributed by atoms with E-state index < -0.39 is 27.7 Å². The molecule has 0 spiro atoms. The van der Waals surface area contributed by atoms with E-state index in [4.69, 9.17) is 0 Å². The Bertz CT molecular complexity index is 1120. The van der Waals surface area contributed by atoms with Crippen molar-refractivity contribution in [3.63, 3.8) is 0 Å². The quantitative estimate of drug-likeness (QED) is 0.128. The van der Waals surface area contributed by atoms with Crippen molar-refractivity contribution in [3.05, 3.63) is 76.7 Å². The van der Waals surface area contributed by atoms with E-state index in [1.165, 1.54) is 19.2 Å². The van der Waals surface area contributed by atoms with E-state index in [1.807, 2.05) is 0 Å². The molecule has 0 N–H and O–H groups in total. The molecule has 0 unspecified atom stereocenters. The monoisotopic (exact) mass is 632 g/mol. The molecular formula is C22H22Br2N2O10. The SMILES string of the molecule is COC(=O)C(Cc1cccc(Br)c1[N+](=O)[O-])C(=O)OC.COC(=O)CCc1cccc(Br)c1[N+](=O)[O-]. The predicted molar refractivity (Wildman–Crippen MR) is 133 cm³/mol. The van der Waals surface area contributed by atoms with Crippen LogP contribution in [0.1, 0.15) is 17.5 Å². The zero-order valence-corrected chi connectivity index (χ0v) is 22.6. The normalized spacial score (nSPS) is 10.1. The highest BCUT2D eigenvalue weighted by Crippen LogP contribution is 2.31. The number of methoxy groups -OCH3 is 3. The zero-order valence-electron chi connectivity index (χ0n) is 19.4. The van der Waals surface area contributed by atoms with Gasteiger partial charge in [0.25, 0.3) is 11.4 Å². The third-order valence-electron chi connectivity index (χ3n) is 4.73. The van der Waals surface area contributed by atoms with Crippen molar-refractivity contribution in [3.8, 4) is 0 Å². The van der Waals surface area contributed by atoms with Crippen LogP contribution in [0.4, 0.5) is 11.4 Å². The number of nitrogens with zero attached hydrogens (tertiary/aromatic N) is 2. The van der Waals surface area contributed by atoms with Crippen LogP contribution >= 0.6 is 31.9 Å². The number of ether oxygens (including phenoxy) is 3. The van der Waals surface area contributed by atoms with E-state index in [-0.39, 0.29) is 40.2 Å². The number of hydrogen-bond acceptors (Lipinski definition) is 10. The average molecular weight is 634 g/mol. The minimum absolute atomic E-state index is 0.00593. The number of aryl methyl sites for hydroxylation is 1. The number of hydrogen-bond donors (Lipinski definition) is 0. The lowest BCUT2D eigenvalue weighted by molar-refractivity contribution is -0.386. The number of para-hydroxylation sites is 2. The summed E-state index contributed by atoms with van der Waals surface area (Å²) in [5.41, 5.74) is 0.576. The molecule has 12 nitrogen and oxygen atoms in total. The lowest BCUT2D eigenvalue weighted by atomic mass is 9.98. The lowest BCUT2D eigenvalue weighted by Crippen LogP contribution is -2.28. The highest BCUT2D eigenvalue weighted by atomic mass is 79.9. The molecule has 2 aromatic carbocycles. The van der Waals surface area contributed by atoms with Crippen LogP contribution in [0.3, 0.4) is 0 Å². The van der Waals surface area contributed by atoms with E-state index in [0.717, 1.165) is 14.2 Å². The number of halogens is 2.